The summed E-state index contributed by atoms with van der Waals surface area (Å²) in [5, 5.41) is 0. The molecule has 114 valence electrons. The Morgan fingerprint density at radius 1 is 1.00 bits per heavy atom. The maximum atomic E-state index is 11.6. The highest BCUT2D eigenvalue weighted by atomic mass is 16.6. The van der Waals surface area contributed by atoms with Crippen LogP contribution in [0.4, 0.5) is 4.79 Å². The third-order valence-corrected chi connectivity index (χ3v) is 3.60. The van der Waals surface area contributed by atoms with Crippen LogP contribution < -0.4 is 4.74 Å². The number of benzene rings is 2. The van der Waals surface area contributed by atoms with E-state index in [9.17, 15) is 4.79 Å². The van der Waals surface area contributed by atoms with Gasteiger partial charge < -0.3 is 14.4 Å². The quantitative estimate of drug-likeness (QED) is 0.846. The van der Waals surface area contributed by atoms with E-state index >= 15 is 0 Å². The van der Waals surface area contributed by atoms with Gasteiger partial charge >= 0.3 is 6.09 Å². The summed E-state index contributed by atoms with van der Waals surface area (Å²) in [7, 11) is 0. The first-order valence-corrected chi connectivity index (χ1v) is 7.48. The first kappa shape index (κ1) is 14.4. The van der Waals surface area contributed by atoms with Gasteiger partial charge in [-0.3, -0.25) is 0 Å². The van der Waals surface area contributed by atoms with E-state index in [1.807, 2.05) is 54.6 Å². The van der Waals surface area contributed by atoms with E-state index in [2.05, 4.69) is 0 Å². The van der Waals surface area contributed by atoms with Crippen LogP contribution in [0.3, 0.4) is 0 Å². The summed E-state index contributed by atoms with van der Waals surface area (Å²) >= 11 is 0. The number of rotatable bonds is 5. The minimum atomic E-state index is -0.226. The average Bonchev–Trinajstić information content (AvgIpc) is 2.57. The number of hydrogen-bond donors (Lipinski definition) is 0. The second kappa shape index (κ2) is 6.98. The van der Waals surface area contributed by atoms with E-state index in [0.717, 1.165) is 29.8 Å². The van der Waals surface area contributed by atoms with Crippen molar-refractivity contribution < 1.29 is 14.3 Å². The zero-order valence-corrected chi connectivity index (χ0v) is 12.4. The maximum absolute atomic E-state index is 11.6. The molecule has 3 rings (SSSR count). The molecule has 1 fully saturated rings. The summed E-state index contributed by atoms with van der Waals surface area (Å²) in [6.45, 7) is 2.42. The Hall–Kier alpha value is -2.49. The predicted molar refractivity (Wildman–Crippen MR) is 83.6 cm³/mol. The van der Waals surface area contributed by atoms with Gasteiger partial charge in [0, 0.05) is 13.1 Å². The van der Waals surface area contributed by atoms with E-state index in [0.29, 0.717) is 19.8 Å². The number of hydrogen-bond acceptors (Lipinski definition) is 3. The van der Waals surface area contributed by atoms with Crippen LogP contribution in [-0.4, -0.2) is 24.1 Å². The molecule has 4 heteroatoms. The smallest absolute Gasteiger partial charge is 0.410 e. The van der Waals surface area contributed by atoms with Crippen molar-refractivity contribution in [2.24, 2.45) is 0 Å². The second-order valence-electron chi connectivity index (χ2n) is 5.31. The zero-order valence-electron chi connectivity index (χ0n) is 12.4. The third-order valence-electron chi connectivity index (χ3n) is 3.60. The monoisotopic (exact) mass is 297 g/mol. The van der Waals surface area contributed by atoms with Gasteiger partial charge in [0.1, 0.15) is 12.4 Å². The molecule has 0 aliphatic carbocycles. The Morgan fingerprint density at radius 2 is 1.77 bits per heavy atom. The lowest BCUT2D eigenvalue weighted by Gasteiger charge is -2.26. The normalized spacial score (nSPS) is 14.5. The Morgan fingerprint density at radius 3 is 2.50 bits per heavy atom. The zero-order chi connectivity index (χ0) is 15.2. The Labute approximate surface area is 130 Å². The highest BCUT2D eigenvalue weighted by molar-refractivity contribution is 5.68. The van der Waals surface area contributed by atoms with Gasteiger partial charge in [-0.15, -0.1) is 0 Å². The van der Waals surface area contributed by atoms with E-state index < -0.39 is 0 Å². The first-order valence-electron chi connectivity index (χ1n) is 7.48. The van der Waals surface area contributed by atoms with Crippen LogP contribution in [0.5, 0.6) is 5.75 Å². The number of carbonyl (C=O) groups is 1. The molecule has 1 amide bonds. The average molecular weight is 297 g/mol. The molecule has 0 bridgehead atoms. The molecule has 1 aliphatic rings. The fourth-order valence-corrected chi connectivity index (χ4v) is 2.39. The molecular weight excluding hydrogens is 278 g/mol. The molecule has 0 atom stereocenters. The van der Waals surface area contributed by atoms with Gasteiger partial charge in [0.2, 0.25) is 0 Å². The van der Waals surface area contributed by atoms with Crippen molar-refractivity contribution in [2.75, 3.05) is 13.2 Å². The van der Waals surface area contributed by atoms with E-state index in [1.54, 1.807) is 4.90 Å². The standard InChI is InChI=1S/C18H19NO3/c20-18-19(11-4-12-21-18)13-15-7-9-17(10-8-15)22-14-16-5-2-1-3-6-16/h1-3,5-10H,4,11-14H2. The lowest BCUT2D eigenvalue weighted by molar-refractivity contribution is 0.0700. The number of carbonyl (C=O) groups excluding carboxylic acids is 1. The van der Waals surface area contributed by atoms with Crippen LogP contribution in [-0.2, 0) is 17.9 Å². The number of amides is 1. The van der Waals surface area contributed by atoms with Crippen LogP contribution >= 0.6 is 0 Å². The third kappa shape index (κ3) is 3.79. The largest absolute Gasteiger partial charge is 0.489 e. The van der Waals surface area contributed by atoms with Crippen molar-refractivity contribution in [3.8, 4) is 5.75 Å². The van der Waals surface area contributed by atoms with Crippen molar-refractivity contribution in [2.45, 2.75) is 19.6 Å². The van der Waals surface area contributed by atoms with Crippen LogP contribution in [0.2, 0.25) is 0 Å². The lowest BCUT2D eigenvalue weighted by Crippen LogP contribution is -2.36. The first-order chi connectivity index (χ1) is 10.8. The van der Waals surface area contributed by atoms with E-state index in [1.165, 1.54) is 0 Å². The molecule has 0 spiro atoms. The molecule has 22 heavy (non-hydrogen) atoms. The number of ether oxygens (including phenoxy) is 2. The highest BCUT2D eigenvalue weighted by Crippen LogP contribution is 2.17. The van der Waals surface area contributed by atoms with Crippen molar-refractivity contribution in [3.05, 3.63) is 65.7 Å². The predicted octanol–water partition coefficient (Wildman–Crippen LogP) is 3.61. The maximum Gasteiger partial charge on any atom is 0.410 e. The molecule has 0 saturated carbocycles. The topological polar surface area (TPSA) is 38.8 Å². The molecule has 1 aliphatic heterocycles. The van der Waals surface area contributed by atoms with Gasteiger partial charge in [-0.2, -0.15) is 0 Å². The van der Waals surface area contributed by atoms with Gasteiger partial charge in [0.05, 0.1) is 6.61 Å². The van der Waals surface area contributed by atoms with Gasteiger partial charge in [-0.1, -0.05) is 42.5 Å². The fourth-order valence-electron chi connectivity index (χ4n) is 2.39. The molecule has 0 aromatic heterocycles. The van der Waals surface area contributed by atoms with Gasteiger partial charge in [0.25, 0.3) is 0 Å². The SMILES string of the molecule is O=C1OCCCN1Cc1ccc(OCc2ccccc2)cc1. The second-order valence-corrected chi connectivity index (χ2v) is 5.31. The summed E-state index contributed by atoms with van der Waals surface area (Å²) in [6, 6.07) is 17.9. The van der Waals surface area contributed by atoms with Gasteiger partial charge in [-0.05, 0) is 29.7 Å². The van der Waals surface area contributed by atoms with Gasteiger partial charge in [0.15, 0.2) is 0 Å². The van der Waals surface area contributed by atoms with Crippen molar-refractivity contribution >= 4 is 6.09 Å². The highest BCUT2D eigenvalue weighted by Gasteiger charge is 2.19. The summed E-state index contributed by atoms with van der Waals surface area (Å²) in [6.07, 6.45) is 0.667. The molecule has 2 aromatic carbocycles. The van der Waals surface area contributed by atoms with Crippen LogP contribution in [0.25, 0.3) is 0 Å². The number of nitrogens with zero attached hydrogens (tertiary/aromatic N) is 1. The molecular formula is C18H19NO3. The Kier molecular flexibility index (Phi) is 4.59. The Bertz CT molecular complexity index is 610. The van der Waals surface area contributed by atoms with Crippen molar-refractivity contribution in [1.82, 2.24) is 4.90 Å². The lowest BCUT2D eigenvalue weighted by atomic mass is 10.2. The number of cyclic esters (lactones) is 1. The molecule has 0 unspecified atom stereocenters. The van der Waals surface area contributed by atoms with Crippen molar-refractivity contribution in [3.63, 3.8) is 0 Å². The fraction of sp³-hybridized carbons (Fsp3) is 0.278. The molecule has 0 N–H and O–H groups in total. The van der Waals surface area contributed by atoms with Gasteiger partial charge in [-0.25, -0.2) is 4.79 Å². The van der Waals surface area contributed by atoms with E-state index in [-0.39, 0.29) is 6.09 Å². The van der Waals surface area contributed by atoms with E-state index in [4.69, 9.17) is 9.47 Å². The minimum Gasteiger partial charge on any atom is -0.489 e. The molecule has 4 nitrogen and oxygen atoms in total. The van der Waals surface area contributed by atoms with Crippen LogP contribution in [0.15, 0.2) is 54.6 Å². The summed E-state index contributed by atoms with van der Waals surface area (Å²) in [5.41, 5.74) is 2.22. The molecule has 1 heterocycles. The molecule has 1 saturated heterocycles. The van der Waals surface area contributed by atoms with Crippen LogP contribution in [0, 0.1) is 0 Å². The minimum absolute atomic E-state index is 0.226. The van der Waals surface area contributed by atoms with Crippen LogP contribution in [0.1, 0.15) is 17.5 Å². The summed E-state index contributed by atoms with van der Waals surface area (Å²) < 4.78 is 10.8. The Balaban J connectivity index is 1.55. The summed E-state index contributed by atoms with van der Waals surface area (Å²) in [4.78, 5) is 13.3. The molecule has 0 radical (unpaired) electrons. The summed E-state index contributed by atoms with van der Waals surface area (Å²) in [5.74, 6) is 0.828. The van der Waals surface area contributed by atoms with Crippen molar-refractivity contribution in [1.29, 1.82) is 0 Å². The molecule has 2 aromatic rings.